The lowest BCUT2D eigenvalue weighted by Gasteiger charge is -2.36. The molecule has 1 N–H and O–H groups in total. The number of Topliss-reactive ketones (excluding diaryl/α,β-unsaturated/α-hetero) is 1. The standard InChI is InChI=1S/C23H29NO3S/c1-5-23(12-11-16(2)25)15-28-21-14-20(27-4)19(26-3)13-18(21)22(24-23)17-9-7-6-8-10-17/h6-10,13-14,22,24H,5,11-12,15H2,1-4H3. The van der Waals surface area contributed by atoms with Gasteiger partial charge in [0, 0.05) is 22.6 Å². The van der Waals surface area contributed by atoms with Crippen molar-refractivity contribution in [3.05, 3.63) is 53.6 Å². The maximum Gasteiger partial charge on any atom is 0.161 e. The molecule has 2 aromatic carbocycles. The Morgan fingerprint density at radius 3 is 2.46 bits per heavy atom. The van der Waals surface area contributed by atoms with Crippen LogP contribution in [-0.2, 0) is 4.79 Å². The van der Waals surface area contributed by atoms with E-state index in [4.69, 9.17) is 9.47 Å². The highest BCUT2D eigenvalue weighted by Crippen LogP contribution is 2.44. The Labute approximate surface area is 172 Å². The molecular formula is C23H29NO3S. The number of fused-ring (bicyclic) bond motifs is 1. The number of rotatable bonds is 7. The van der Waals surface area contributed by atoms with Crippen LogP contribution in [0.3, 0.4) is 0 Å². The summed E-state index contributed by atoms with van der Waals surface area (Å²) in [5, 5.41) is 3.93. The van der Waals surface area contributed by atoms with E-state index in [9.17, 15) is 4.79 Å². The van der Waals surface area contributed by atoms with Crippen molar-refractivity contribution in [1.82, 2.24) is 5.32 Å². The lowest BCUT2D eigenvalue weighted by atomic mass is 9.88. The van der Waals surface area contributed by atoms with Gasteiger partial charge >= 0.3 is 0 Å². The van der Waals surface area contributed by atoms with Gasteiger partial charge in [0.1, 0.15) is 5.78 Å². The average Bonchev–Trinajstić information content (AvgIpc) is 2.89. The zero-order valence-corrected chi connectivity index (χ0v) is 17.9. The zero-order valence-electron chi connectivity index (χ0n) is 17.1. The van der Waals surface area contributed by atoms with Gasteiger partial charge in [-0.3, -0.25) is 5.32 Å². The Hall–Kier alpha value is -1.98. The number of ether oxygens (including phenoxy) is 2. The Bertz CT molecular complexity index is 824. The van der Waals surface area contributed by atoms with Gasteiger partial charge in [-0.15, -0.1) is 11.8 Å². The minimum atomic E-state index is -0.115. The van der Waals surface area contributed by atoms with Crippen molar-refractivity contribution in [2.75, 3.05) is 20.0 Å². The molecule has 0 spiro atoms. The van der Waals surface area contributed by atoms with Crippen LogP contribution < -0.4 is 14.8 Å². The molecule has 3 rings (SSSR count). The molecule has 0 bridgehead atoms. The first-order valence-corrected chi connectivity index (χ1v) is 10.7. The molecular weight excluding hydrogens is 370 g/mol. The largest absolute Gasteiger partial charge is 0.493 e. The van der Waals surface area contributed by atoms with Crippen LogP contribution in [-0.4, -0.2) is 31.3 Å². The Balaban J connectivity index is 2.10. The van der Waals surface area contributed by atoms with Gasteiger partial charge in [-0.2, -0.15) is 0 Å². The molecule has 2 aromatic rings. The van der Waals surface area contributed by atoms with E-state index >= 15 is 0 Å². The van der Waals surface area contributed by atoms with Gasteiger partial charge in [0.05, 0.1) is 20.3 Å². The van der Waals surface area contributed by atoms with Crippen molar-refractivity contribution in [3.63, 3.8) is 0 Å². The van der Waals surface area contributed by atoms with Crippen LogP contribution in [0.4, 0.5) is 0 Å². The fraction of sp³-hybridized carbons (Fsp3) is 0.435. The molecule has 0 radical (unpaired) electrons. The van der Waals surface area contributed by atoms with E-state index in [1.165, 1.54) is 16.0 Å². The molecule has 2 unspecified atom stereocenters. The lowest BCUT2D eigenvalue weighted by molar-refractivity contribution is -0.117. The monoisotopic (exact) mass is 399 g/mol. The predicted octanol–water partition coefficient (Wildman–Crippen LogP) is 5.01. The number of hydrogen-bond acceptors (Lipinski definition) is 5. The van der Waals surface area contributed by atoms with Gasteiger partial charge in [0.25, 0.3) is 0 Å². The van der Waals surface area contributed by atoms with Crippen LogP contribution in [0.25, 0.3) is 0 Å². The molecule has 0 fully saturated rings. The normalized spacial score (nSPS) is 21.5. The number of nitrogens with one attached hydrogen (secondary N) is 1. The summed E-state index contributed by atoms with van der Waals surface area (Å²) >= 11 is 1.83. The van der Waals surface area contributed by atoms with E-state index in [0.717, 1.165) is 30.1 Å². The molecule has 0 amide bonds. The summed E-state index contributed by atoms with van der Waals surface area (Å²) in [5.41, 5.74) is 2.28. The van der Waals surface area contributed by atoms with Gasteiger partial charge < -0.3 is 14.3 Å². The van der Waals surface area contributed by atoms with Crippen molar-refractivity contribution in [2.45, 2.75) is 49.6 Å². The van der Waals surface area contributed by atoms with E-state index in [1.54, 1.807) is 21.1 Å². The van der Waals surface area contributed by atoms with Crippen LogP contribution in [0, 0.1) is 0 Å². The molecule has 150 valence electrons. The second-order valence-corrected chi connectivity index (χ2v) is 8.37. The number of carbonyl (C=O) groups is 1. The van der Waals surface area contributed by atoms with Crippen molar-refractivity contribution < 1.29 is 14.3 Å². The van der Waals surface area contributed by atoms with E-state index in [2.05, 4.69) is 48.6 Å². The van der Waals surface area contributed by atoms with Crippen LogP contribution in [0.5, 0.6) is 11.5 Å². The molecule has 1 heterocycles. The number of hydrogen-bond donors (Lipinski definition) is 1. The van der Waals surface area contributed by atoms with Gasteiger partial charge in [0.15, 0.2) is 11.5 Å². The number of carbonyl (C=O) groups excluding carboxylic acids is 1. The average molecular weight is 400 g/mol. The van der Waals surface area contributed by atoms with Crippen LogP contribution in [0.2, 0.25) is 0 Å². The molecule has 5 heteroatoms. The van der Waals surface area contributed by atoms with Crippen LogP contribution in [0.15, 0.2) is 47.4 Å². The van der Waals surface area contributed by atoms with Crippen molar-refractivity contribution in [3.8, 4) is 11.5 Å². The third kappa shape index (κ3) is 4.36. The fourth-order valence-corrected chi connectivity index (χ4v) is 5.11. The molecule has 1 aliphatic rings. The van der Waals surface area contributed by atoms with Gasteiger partial charge in [-0.1, -0.05) is 37.3 Å². The highest BCUT2D eigenvalue weighted by atomic mass is 32.2. The van der Waals surface area contributed by atoms with Crippen molar-refractivity contribution in [1.29, 1.82) is 0 Å². The van der Waals surface area contributed by atoms with E-state index in [-0.39, 0.29) is 17.4 Å². The molecule has 1 aliphatic heterocycles. The summed E-state index contributed by atoms with van der Waals surface area (Å²) in [6, 6.07) is 14.7. The second-order valence-electron chi connectivity index (χ2n) is 7.36. The van der Waals surface area contributed by atoms with Crippen LogP contribution in [0.1, 0.15) is 50.3 Å². The Morgan fingerprint density at radius 2 is 1.86 bits per heavy atom. The summed E-state index contributed by atoms with van der Waals surface area (Å²) in [6.07, 6.45) is 2.38. The third-order valence-corrected chi connectivity index (χ3v) is 6.91. The lowest BCUT2D eigenvalue weighted by Crippen LogP contribution is -2.48. The summed E-state index contributed by atoms with van der Waals surface area (Å²) < 4.78 is 11.1. The summed E-state index contributed by atoms with van der Waals surface area (Å²) in [4.78, 5) is 12.9. The number of ketones is 1. The summed E-state index contributed by atoms with van der Waals surface area (Å²) in [6.45, 7) is 3.87. The highest BCUT2D eigenvalue weighted by molar-refractivity contribution is 7.99. The molecule has 0 saturated carbocycles. The Morgan fingerprint density at radius 1 is 1.18 bits per heavy atom. The van der Waals surface area contributed by atoms with Gasteiger partial charge in [-0.05, 0) is 43.0 Å². The molecule has 0 saturated heterocycles. The number of benzene rings is 2. The zero-order chi connectivity index (χ0) is 20.1. The van der Waals surface area contributed by atoms with Gasteiger partial charge in [0.2, 0.25) is 0 Å². The van der Waals surface area contributed by atoms with E-state index in [0.29, 0.717) is 6.42 Å². The summed E-state index contributed by atoms with van der Waals surface area (Å²) in [7, 11) is 3.34. The third-order valence-electron chi connectivity index (χ3n) is 5.55. The maximum atomic E-state index is 11.7. The smallest absolute Gasteiger partial charge is 0.161 e. The van der Waals surface area contributed by atoms with Crippen molar-refractivity contribution >= 4 is 17.5 Å². The van der Waals surface area contributed by atoms with Crippen LogP contribution >= 0.6 is 11.8 Å². The fourth-order valence-electron chi connectivity index (χ4n) is 3.72. The summed E-state index contributed by atoms with van der Waals surface area (Å²) in [5.74, 6) is 2.62. The van der Waals surface area contributed by atoms with Gasteiger partial charge in [-0.25, -0.2) is 0 Å². The molecule has 4 nitrogen and oxygen atoms in total. The van der Waals surface area contributed by atoms with E-state index < -0.39 is 0 Å². The molecule has 28 heavy (non-hydrogen) atoms. The first kappa shape index (κ1) is 20.7. The molecule has 2 atom stereocenters. The number of thioether (sulfide) groups is 1. The van der Waals surface area contributed by atoms with E-state index in [1.807, 2.05) is 17.8 Å². The first-order chi connectivity index (χ1) is 13.5. The SMILES string of the molecule is CCC1(CCC(C)=O)CSc2cc(OC)c(OC)cc2C(c2ccccc2)N1. The van der Waals surface area contributed by atoms with Crippen molar-refractivity contribution in [2.24, 2.45) is 0 Å². The number of methoxy groups -OCH3 is 2. The highest BCUT2D eigenvalue weighted by Gasteiger charge is 2.36. The quantitative estimate of drug-likeness (QED) is 0.709. The molecule has 0 aromatic heterocycles. The molecule has 0 aliphatic carbocycles. The minimum Gasteiger partial charge on any atom is -0.493 e. The maximum absolute atomic E-state index is 11.7. The first-order valence-electron chi connectivity index (χ1n) is 9.72. The Kier molecular flexibility index (Phi) is 6.68. The topological polar surface area (TPSA) is 47.6 Å². The predicted molar refractivity (Wildman–Crippen MR) is 115 cm³/mol. The minimum absolute atomic E-state index is 0.0258. The second kappa shape index (κ2) is 9.01.